The molecule has 178 valence electrons. The van der Waals surface area contributed by atoms with Crippen LogP contribution < -0.4 is 14.8 Å². The van der Waals surface area contributed by atoms with E-state index in [9.17, 15) is 13.2 Å². The number of methoxy groups -OCH3 is 1. The maximum Gasteiger partial charge on any atom is 0.244 e. The van der Waals surface area contributed by atoms with Crippen LogP contribution in [0.15, 0.2) is 59.5 Å². The topological polar surface area (TPSA) is 84.9 Å². The van der Waals surface area contributed by atoms with Crippen molar-refractivity contribution >= 4 is 22.0 Å². The van der Waals surface area contributed by atoms with Crippen molar-refractivity contribution in [2.75, 3.05) is 26.7 Å². The number of ether oxygens (including phenoxy) is 2. The van der Waals surface area contributed by atoms with E-state index in [1.54, 1.807) is 43.5 Å². The van der Waals surface area contributed by atoms with Gasteiger partial charge in [0, 0.05) is 25.7 Å². The number of carbonyl (C=O) groups excluding carboxylic acids is 1. The molecule has 1 N–H and O–H groups in total. The SMILES string of the molecule is COc1cc(/C=C/C(=O)NCC2CCN(S(=O)(=O)c3ccccc3)CC2)ccc1OC(C)C. The molecular formula is C25H32N2O5S. The maximum atomic E-state index is 12.7. The first-order valence-electron chi connectivity index (χ1n) is 11.2. The van der Waals surface area contributed by atoms with Gasteiger partial charge >= 0.3 is 0 Å². The van der Waals surface area contributed by atoms with Crippen LogP contribution in [0.25, 0.3) is 6.08 Å². The molecule has 0 atom stereocenters. The molecule has 2 aromatic rings. The van der Waals surface area contributed by atoms with E-state index in [0.717, 1.165) is 5.56 Å². The highest BCUT2D eigenvalue weighted by Gasteiger charge is 2.29. The van der Waals surface area contributed by atoms with Crippen LogP contribution in [0.2, 0.25) is 0 Å². The molecule has 1 amide bonds. The maximum absolute atomic E-state index is 12.7. The number of carbonyl (C=O) groups is 1. The Morgan fingerprint density at radius 2 is 1.82 bits per heavy atom. The Hall–Kier alpha value is -2.84. The molecule has 1 heterocycles. The number of rotatable bonds is 9. The van der Waals surface area contributed by atoms with Gasteiger partial charge in [-0.1, -0.05) is 24.3 Å². The molecule has 3 rings (SSSR count). The average molecular weight is 473 g/mol. The fraction of sp³-hybridized carbons (Fsp3) is 0.400. The number of sulfonamides is 1. The van der Waals surface area contributed by atoms with E-state index >= 15 is 0 Å². The van der Waals surface area contributed by atoms with Gasteiger partial charge in [0.1, 0.15) is 0 Å². The molecule has 0 aliphatic carbocycles. The Balaban J connectivity index is 1.48. The molecular weight excluding hydrogens is 440 g/mol. The second kappa shape index (κ2) is 11.3. The van der Waals surface area contributed by atoms with Crippen molar-refractivity contribution in [3.05, 3.63) is 60.2 Å². The Bertz CT molecular complexity index is 1060. The molecule has 0 bridgehead atoms. The Kier molecular flexibility index (Phi) is 8.52. The first-order valence-corrected chi connectivity index (χ1v) is 12.6. The summed E-state index contributed by atoms with van der Waals surface area (Å²) in [6.07, 6.45) is 4.69. The molecule has 1 aliphatic heterocycles. The lowest BCUT2D eigenvalue weighted by Gasteiger charge is -2.31. The van der Waals surface area contributed by atoms with E-state index in [1.807, 2.05) is 32.0 Å². The number of amides is 1. The number of benzene rings is 2. The Labute approximate surface area is 196 Å². The van der Waals surface area contributed by atoms with Gasteiger partial charge in [-0.3, -0.25) is 4.79 Å². The molecule has 0 aromatic heterocycles. The van der Waals surface area contributed by atoms with Gasteiger partial charge < -0.3 is 14.8 Å². The van der Waals surface area contributed by atoms with Crippen molar-refractivity contribution in [2.24, 2.45) is 5.92 Å². The van der Waals surface area contributed by atoms with Gasteiger partial charge in [-0.2, -0.15) is 4.31 Å². The van der Waals surface area contributed by atoms with Crippen LogP contribution in [-0.2, 0) is 14.8 Å². The Morgan fingerprint density at radius 1 is 1.12 bits per heavy atom. The molecule has 1 saturated heterocycles. The average Bonchev–Trinajstić information content (AvgIpc) is 2.82. The highest BCUT2D eigenvalue weighted by Crippen LogP contribution is 2.29. The fourth-order valence-electron chi connectivity index (χ4n) is 3.71. The summed E-state index contributed by atoms with van der Waals surface area (Å²) in [4.78, 5) is 12.6. The highest BCUT2D eigenvalue weighted by atomic mass is 32.2. The largest absolute Gasteiger partial charge is 0.493 e. The summed E-state index contributed by atoms with van der Waals surface area (Å²) in [5.74, 6) is 1.34. The molecule has 0 saturated carbocycles. The van der Waals surface area contributed by atoms with Gasteiger partial charge in [0.15, 0.2) is 11.5 Å². The number of hydrogen-bond donors (Lipinski definition) is 1. The van der Waals surface area contributed by atoms with Crippen LogP contribution in [0.3, 0.4) is 0 Å². The number of nitrogens with zero attached hydrogens (tertiary/aromatic N) is 1. The summed E-state index contributed by atoms with van der Waals surface area (Å²) in [7, 11) is -1.87. The van der Waals surface area contributed by atoms with Crippen molar-refractivity contribution in [1.82, 2.24) is 9.62 Å². The lowest BCUT2D eigenvalue weighted by atomic mass is 9.98. The van der Waals surface area contributed by atoms with Gasteiger partial charge in [-0.25, -0.2) is 8.42 Å². The van der Waals surface area contributed by atoms with Crippen LogP contribution in [0.1, 0.15) is 32.3 Å². The Morgan fingerprint density at radius 3 is 2.45 bits per heavy atom. The van der Waals surface area contributed by atoms with Gasteiger partial charge in [-0.05, 0) is 68.5 Å². The molecule has 1 fully saturated rings. The van der Waals surface area contributed by atoms with Gasteiger partial charge in [0.2, 0.25) is 15.9 Å². The van der Waals surface area contributed by atoms with E-state index in [1.165, 1.54) is 10.4 Å². The summed E-state index contributed by atoms with van der Waals surface area (Å²) in [5.41, 5.74) is 0.831. The van der Waals surface area contributed by atoms with E-state index in [4.69, 9.17) is 9.47 Å². The van der Waals surface area contributed by atoms with Crippen molar-refractivity contribution in [3.63, 3.8) is 0 Å². The molecule has 8 heteroatoms. The van der Waals surface area contributed by atoms with Crippen LogP contribution >= 0.6 is 0 Å². The third-order valence-electron chi connectivity index (χ3n) is 5.50. The number of piperidine rings is 1. The molecule has 7 nitrogen and oxygen atoms in total. The van der Waals surface area contributed by atoms with E-state index in [2.05, 4.69) is 5.32 Å². The van der Waals surface area contributed by atoms with Crippen LogP contribution in [0.4, 0.5) is 0 Å². The zero-order valence-electron chi connectivity index (χ0n) is 19.4. The lowest BCUT2D eigenvalue weighted by Crippen LogP contribution is -2.41. The molecule has 2 aromatic carbocycles. The van der Waals surface area contributed by atoms with Crippen molar-refractivity contribution in [3.8, 4) is 11.5 Å². The second-order valence-corrected chi connectivity index (χ2v) is 10.3. The number of nitrogens with one attached hydrogen (secondary N) is 1. The van der Waals surface area contributed by atoms with E-state index in [0.29, 0.717) is 48.9 Å². The molecule has 33 heavy (non-hydrogen) atoms. The molecule has 0 spiro atoms. The fourth-order valence-corrected chi connectivity index (χ4v) is 5.20. The summed E-state index contributed by atoms with van der Waals surface area (Å²) in [5, 5.41) is 2.92. The van der Waals surface area contributed by atoms with Gasteiger partial charge in [0.05, 0.1) is 18.1 Å². The van der Waals surface area contributed by atoms with Crippen LogP contribution in [-0.4, -0.2) is 51.5 Å². The zero-order valence-corrected chi connectivity index (χ0v) is 20.2. The third kappa shape index (κ3) is 6.82. The summed E-state index contributed by atoms with van der Waals surface area (Å²) in [6, 6.07) is 14.0. The molecule has 0 radical (unpaired) electrons. The predicted octanol–water partition coefficient (Wildman–Crippen LogP) is 3.71. The monoisotopic (exact) mass is 472 g/mol. The third-order valence-corrected chi connectivity index (χ3v) is 7.41. The quantitative estimate of drug-likeness (QED) is 0.563. The summed E-state index contributed by atoms with van der Waals surface area (Å²) in [6.45, 7) is 5.33. The first kappa shape index (κ1) is 24.8. The summed E-state index contributed by atoms with van der Waals surface area (Å²) >= 11 is 0. The summed E-state index contributed by atoms with van der Waals surface area (Å²) < 4.78 is 38.1. The van der Waals surface area contributed by atoms with E-state index < -0.39 is 10.0 Å². The first-order chi connectivity index (χ1) is 15.8. The lowest BCUT2D eigenvalue weighted by molar-refractivity contribution is -0.116. The normalized spacial score (nSPS) is 15.6. The standard InChI is InChI=1S/C25H32N2O5S/c1-19(2)32-23-11-9-20(17-24(23)31-3)10-12-25(28)26-18-21-13-15-27(16-14-21)33(29,30)22-7-5-4-6-8-22/h4-12,17,19,21H,13-16,18H2,1-3H3,(H,26,28)/b12-10+. The molecule has 1 aliphatic rings. The molecule has 0 unspecified atom stereocenters. The van der Waals surface area contributed by atoms with Crippen LogP contribution in [0.5, 0.6) is 11.5 Å². The zero-order chi connectivity index (χ0) is 23.8. The minimum Gasteiger partial charge on any atom is -0.493 e. The van der Waals surface area contributed by atoms with E-state index in [-0.39, 0.29) is 17.9 Å². The van der Waals surface area contributed by atoms with Crippen LogP contribution in [0, 0.1) is 5.92 Å². The highest BCUT2D eigenvalue weighted by molar-refractivity contribution is 7.89. The predicted molar refractivity (Wildman–Crippen MR) is 129 cm³/mol. The van der Waals surface area contributed by atoms with Crippen molar-refractivity contribution < 1.29 is 22.7 Å². The second-order valence-electron chi connectivity index (χ2n) is 8.32. The van der Waals surface area contributed by atoms with Gasteiger partial charge in [0.25, 0.3) is 0 Å². The number of hydrogen-bond acceptors (Lipinski definition) is 5. The van der Waals surface area contributed by atoms with Crippen molar-refractivity contribution in [2.45, 2.75) is 37.7 Å². The van der Waals surface area contributed by atoms with Gasteiger partial charge in [-0.15, -0.1) is 0 Å². The smallest absolute Gasteiger partial charge is 0.244 e. The van der Waals surface area contributed by atoms with Crippen molar-refractivity contribution in [1.29, 1.82) is 0 Å². The minimum absolute atomic E-state index is 0.0383. The minimum atomic E-state index is -3.46.